The molecule has 0 aliphatic carbocycles. The summed E-state index contributed by atoms with van der Waals surface area (Å²) in [5.74, 6) is 0.709. The number of nitrogens with zero attached hydrogens (tertiary/aromatic N) is 1. The molecule has 1 aliphatic heterocycles. The van der Waals surface area contributed by atoms with Crippen LogP contribution in [0.3, 0.4) is 0 Å². The molecule has 1 N–H and O–H groups in total. The zero-order valence-corrected chi connectivity index (χ0v) is 14.5. The monoisotopic (exact) mass is 338 g/mol. The van der Waals surface area contributed by atoms with Gasteiger partial charge in [0.15, 0.2) is 0 Å². The lowest BCUT2D eigenvalue weighted by molar-refractivity contribution is 0.216. The second-order valence-electron chi connectivity index (χ2n) is 6.48. The first kappa shape index (κ1) is 16.0. The van der Waals surface area contributed by atoms with Crippen molar-refractivity contribution in [3.05, 3.63) is 33.8 Å². The average molecular weight is 339 g/mol. The standard InChI is InChI=1S/C17H27BrN2/c1-13(2)10-20(12-16-5-4-8-19-16)11-15-7-6-14(3)9-17(15)18/h6-7,9,13,16,19H,4-5,8,10-12H2,1-3H3. The predicted octanol–water partition coefficient (Wildman–Crippen LogP) is 3.97. The first-order valence-corrected chi connectivity index (χ1v) is 8.54. The molecule has 0 saturated carbocycles. The van der Waals surface area contributed by atoms with E-state index in [1.54, 1.807) is 0 Å². The highest BCUT2D eigenvalue weighted by molar-refractivity contribution is 9.10. The Morgan fingerprint density at radius 2 is 2.20 bits per heavy atom. The summed E-state index contributed by atoms with van der Waals surface area (Å²) < 4.78 is 1.24. The molecule has 1 atom stereocenters. The van der Waals surface area contributed by atoms with Crippen molar-refractivity contribution >= 4 is 15.9 Å². The molecule has 0 bridgehead atoms. The number of hydrogen-bond donors (Lipinski definition) is 1. The molecule has 1 aromatic carbocycles. The van der Waals surface area contributed by atoms with Crippen LogP contribution in [0.15, 0.2) is 22.7 Å². The van der Waals surface area contributed by atoms with Crippen molar-refractivity contribution in [2.75, 3.05) is 19.6 Å². The Kier molecular flexibility index (Phi) is 6.06. The van der Waals surface area contributed by atoms with Crippen molar-refractivity contribution in [1.82, 2.24) is 10.2 Å². The minimum Gasteiger partial charge on any atom is -0.313 e. The summed E-state index contributed by atoms with van der Waals surface area (Å²) in [4.78, 5) is 2.60. The maximum absolute atomic E-state index is 3.71. The van der Waals surface area contributed by atoms with Gasteiger partial charge in [0.2, 0.25) is 0 Å². The van der Waals surface area contributed by atoms with E-state index in [4.69, 9.17) is 0 Å². The van der Waals surface area contributed by atoms with Gasteiger partial charge in [0.25, 0.3) is 0 Å². The molecule has 0 amide bonds. The summed E-state index contributed by atoms with van der Waals surface area (Å²) in [5.41, 5.74) is 2.71. The Morgan fingerprint density at radius 3 is 2.80 bits per heavy atom. The molecular weight excluding hydrogens is 312 g/mol. The molecule has 0 radical (unpaired) electrons. The number of nitrogens with one attached hydrogen (secondary N) is 1. The Bertz CT molecular complexity index is 425. The van der Waals surface area contributed by atoms with Gasteiger partial charge in [-0.1, -0.05) is 41.9 Å². The van der Waals surface area contributed by atoms with Crippen LogP contribution in [0, 0.1) is 12.8 Å². The van der Waals surface area contributed by atoms with E-state index in [1.807, 2.05) is 0 Å². The van der Waals surface area contributed by atoms with Crippen LogP contribution in [0.5, 0.6) is 0 Å². The molecule has 2 nitrogen and oxygen atoms in total. The van der Waals surface area contributed by atoms with Crippen LogP contribution in [0.25, 0.3) is 0 Å². The van der Waals surface area contributed by atoms with Crippen LogP contribution in [0.1, 0.15) is 37.8 Å². The van der Waals surface area contributed by atoms with Gasteiger partial charge in [0, 0.05) is 30.1 Å². The lowest BCUT2D eigenvalue weighted by atomic mass is 10.1. The zero-order valence-electron chi connectivity index (χ0n) is 13.0. The minimum absolute atomic E-state index is 0.679. The van der Waals surface area contributed by atoms with E-state index >= 15 is 0 Å². The van der Waals surface area contributed by atoms with Gasteiger partial charge in [-0.05, 0) is 49.4 Å². The first-order chi connectivity index (χ1) is 9.54. The fourth-order valence-corrected chi connectivity index (χ4v) is 3.58. The third-order valence-corrected chi connectivity index (χ3v) is 4.61. The molecule has 1 heterocycles. The summed E-state index contributed by atoms with van der Waals surface area (Å²) in [6.45, 7) is 11.3. The Labute approximate surface area is 132 Å². The lowest BCUT2D eigenvalue weighted by Crippen LogP contribution is -2.39. The molecular formula is C17H27BrN2. The average Bonchev–Trinajstić information content (AvgIpc) is 2.84. The Balaban J connectivity index is 2.01. The van der Waals surface area contributed by atoms with Gasteiger partial charge in [-0.3, -0.25) is 4.90 Å². The van der Waals surface area contributed by atoms with Crippen LogP contribution in [0.4, 0.5) is 0 Å². The van der Waals surface area contributed by atoms with E-state index in [-0.39, 0.29) is 0 Å². The molecule has 1 aliphatic rings. The molecule has 0 aromatic heterocycles. The maximum Gasteiger partial charge on any atom is 0.0245 e. The summed E-state index contributed by atoms with van der Waals surface area (Å²) >= 11 is 3.71. The fourth-order valence-electron chi connectivity index (χ4n) is 2.97. The molecule has 20 heavy (non-hydrogen) atoms. The Morgan fingerprint density at radius 1 is 1.40 bits per heavy atom. The molecule has 0 spiro atoms. The van der Waals surface area contributed by atoms with Crippen LogP contribution < -0.4 is 5.32 Å². The lowest BCUT2D eigenvalue weighted by Gasteiger charge is -2.27. The highest BCUT2D eigenvalue weighted by Crippen LogP contribution is 2.21. The van der Waals surface area contributed by atoms with Crippen molar-refractivity contribution in [2.24, 2.45) is 5.92 Å². The van der Waals surface area contributed by atoms with Crippen LogP contribution in [-0.4, -0.2) is 30.6 Å². The normalized spacial score (nSPS) is 19.2. The quantitative estimate of drug-likeness (QED) is 0.844. The number of halogens is 1. The fraction of sp³-hybridized carbons (Fsp3) is 0.647. The SMILES string of the molecule is Cc1ccc(CN(CC(C)C)CC2CCCN2)c(Br)c1. The largest absolute Gasteiger partial charge is 0.313 e. The molecule has 1 saturated heterocycles. The summed E-state index contributed by atoms with van der Waals surface area (Å²) in [7, 11) is 0. The van der Waals surface area contributed by atoms with Crippen molar-refractivity contribution in [2.45, 2.75) is 46.2 Å². The number of rotatable bonds is 6. The highest BCUT2D eigenvalue weighted by Gasteiger charge is 2.19. The van der Waals surface area contributed by atoms with Gasteiger partial charge >= 0.3 is 0 Å². The highest BCUT2D eigenvalue weighted by atomic mass is 79.9. The van der Waals surface area contributed by atoms with Crippen molar-refractivity contribution in [3.63, 3.8) is 0 Å². The van der Waals surface area contributed by atoms with Gasteiger partial charge in [-0.15, -0.1) is 0 Å². The molecule has 1 unspecified atom stereocenters. The third-order valence-electron chi connectivity index (χ3n) is 3.87. The second-order valence-corrected chi connectivity index (χ2v) is 7.33. The second kappa shape index (κ2) is 7.58. The Hall–Kier alpha value is -0.380. The molecule has 112 valence electrons. The van der Waals surface area contributed by atoms with Crippen LogP contribution in [-0.2, 0) is 6.54 Å². The molecule has 3 heteroatoms. The van der Waals surface area contributed by atoms with Crippen molar-refractivity contribution in [1.29, 1.82) is 0 Å². The van der Waals surface area contributed by atoms with Gasteiger partial charge in [0.05, 0.1) is 0 Å². The maximum atomic E-state index is 3.71. The summed E-state index contributed by atoms with van der Waals surface area (Å²) in [6, 6.07) is 7.37. The van der Waals surface area contributed by atoms with Gasteiger partial charge in [0.1, 0.15) is 0 Å². The van der Waals surface area contributed by atoms with Crippen LogP contribution in [0.2, 0.25) is 0 Å². The zero-order chi connectivity index (χ0) is 14.5. The van der Waals surface area contributed by atoms with Gasteiger partial charge < -0.3 is 5.32 Å². The molecule has 2 rings (SSSR count). The third kappa shape index (κ3) is 4.87. The number of benzene rings is 1. The predicted molar refractivity (Wildman–Crippen MR) is 90.0 cm³/mol. The van der Waals surface area contributed by atoms with E-state index in [0.29, 0.717) is 12.0 Å². The number of hydrogen-bond acceptors (Lipinski definition) is 2. The van der Waals surface area contributed by atoms with Crippen molar-refractivity contribution in [3.8, 4) is 0 Å². The van der Waals surface area contributed by atoms with Crippen LogP contribution >= 0.6 is 15.9 Å². The van der Waals surface area contributed by atoms with Gasteiger partial charge in [-0.2, -0.15) is 0 Å². The van der Waals surface area contributed by atoms with E-state index in [0.717, 1.165) is 6.54 Å². The van der Waals surface area contributed by atoms with Gasteiger partial charge in [-0.25, -0.2) is 0 Å². The summed E-state index contributed by atoms with van der Waals surface area (Å²) in [6.07, 6.45) is 2.65. The smallest absolute Gasteiger partial charge is 0.0245 e. The molecule has 1 aromatic rings. The minimum atomic E-state index is 0.679. The summed E-state index contributed by atoms with van der Waals surface area (Å²) in [5, 5.41) is 3.62. The van der Waals surface area contributed by atoms with E-state index in [2.05, 4.69) is 65.1 Å². The molecule has 1 fully saturated rings. The number of aryl methyl sites for hydroxylation is 1. The topological polar surface area (TPSA) is 15.3 Å². The van der Waals surface area contributed by atoms with E-state index in [9.17, 15) is 0 Å². The van der Waals surface area contributed by atoms with E-state index in [1.165, 1.54) is 48.1 Å². The van der Waals surface area contributed by atoms with E-state index < -0.39 is 0 Å². The van der Waals surface area contributed by atoms with Crippen molar-refractivity contribution < 1.29 is 0 Å². The first-order valence-electron chi connectivity index (χ1n) is 7.75.